The molecule has 47 heavy (non-hydrogen) atoms. The van der Waals surface area contributed by atoms with Gasteiger partial charge in [0.1, 0.15) is 35.3 Å². The minimum atomic E-state index is -1.18. The number of β-lactam (4-membered cyclic amide) rings is 1. The fourth-order valence-electron chi connectivity index (χ4n) is 6.70. The molecule has 1 saturated heterocycles. The Bertz CT molecular complexity index is 1570. The van der Waals surface area contributed by atoms with Gasteiger partial charge in [0, 0.05) is 28.7 Å². The summed E-state index contributed by atoms with van der Waals surface area (Å²) >= 11 is 2.91. The van der Waals surface area contributed by atoms with E-state index in [9.17, 15) is 24.6 Å². The zero-order chi connectivity index (χ0) is 33.7. The number of hydrogen-bond donors (Lipinski definition) is 4. The van der Waals surface area contributed by atoms with Gasteiger partial charge in [-0.1, -0.05) is 49.6 Å². The topological polar surface area (TPSA) is 128 Å². The van der Waals surface area contributed by atoms with E-state index in [1.165, 1.54) is 33.6 Å². The van der Waals surface area contributed by atoms with E-state index in [4.69, 9.17) is 4.74 Å². The molecule has 0 unspecified atom stereocenters. The molecule has 252 valence electrons. The monoisotopic (exact) mass is 679 g/mol. The summed E-state index contributed by atoms with van der Waals surface area (Å²) in [4.78, 5) is 40.2. The van der Waals surface area contributed by atoms with Crippen molar-refractivity contribution in [1.29, 1.82) is 0 Å². The minimum absolute atomic E-state index is 0.0432. The maximum atomic E-state index is 13.1. The van der Waals surface area contributed by atoms with Gasteiger partial charge in [0.2, 0.25) is 5.91 Å². The van der Waals surface area contributed by atoms with Gasteiger partial charge in [-0.3, -0.25) is 19.8 Å². The molecule has 0 radical (unpaired) electrons. The summed E-state index contributed by atoms with van der Waals surface area (Å²) in [6.45, 7) is 10.8. The summed E-state index contributed by atoms with van der Waals surface area (Å²) in [5.41, 5.74) is 4.63. The number of hydrogen-bond acceptors (Lipinski definition) is 8. The highest BCUT2D eigenvalue weighted by atomic mass is 32.2. The van der Waals surface area contributed by atoms with Crippen molar-refractivity contribution in [1.82, 2.24) is 15.5 Å². The Balaban J connectivity index is 1.28. The Labute approximate surface area is 285 Å². The smallest absolute Gasteiger partial charge is 0.352 e. The molecule has 3 aliphatic rings. The third-order valence-electron chi connectivity index (χ3n) is 9.11. The van der Waals surface area contributed by atoms with Crippen LogP contribution in [0, 0.1) is 5.92 Å². The van der Waals surface area contributed by atoms with Crippen LogP contribution >= 0.6 is 23.1 Å². The van der Waals surface area contributed by atoms with Gasteiger partial charge in [-0.05, 0) is 80.2 Å². The number of carboxylic acids is 1. The molecular formula is C36H45N3O6S2. The Morgan fingerprint density at radius 1 is 1.23 bits per heavy atom. The van der Waals surface area contributed by atoms with Crippen molar-refractivity contribution in [3.8, 4) is 11.5 Å². The first-order valence-corrected chi connectivity index (χ1v) is 18.3. The number of thiophene rings is 1. The highest BCUT2D eigenvalue weighted by Gasteiger charge is 2.54. The Hall–Kier alpha value is -3.54. The number of thioether (sulfide) groups is 1. The standard InChI is InChI=1S/C36H45N3O6S2/c1-5-6-7-9-23-15-28(40)31(27-14-22(4)11-12-26(27)21(2)3)29(16-23)45-20-37-18-24-19-47-35-32(34(42)39(35)33(24)36(43)44)38-30(41)17-25-10-8-13-46-25/h8,10,13-16,26-27,32,35,37,40H,2,5-7,9,11-12,17-20H2,1,3-4H3,(H,38,41)(H,43,44)/t26-,27+,32+,35+/m0/s1. The third kappa shape index (κ3) is 7.96. The average Bonchev–Trinajstić information content (AvgIpc) is 3.54. The van der Waals surface area contributed by atoms with E-state index in [-0.39, 0.29) is 48.9 Å². The maximum Gasteiger partial charge on any atom is 0.352 e. The molecule has 4 atom stereocenters. The van der Waals surface area contributed by atoms with Gasteiger partial charge < -0.3 is 20.3 Å². The lowest BCUT2D eigenvalue weighted by Crippen LogP contribution is -2.70. The summed E-state index contributed by atoms with van der Waals surface area (Å²) < 4.78 is 6.32. The predicted octanol–water partition coefficient (Wildman–Crippen LogP) is 6.11. The number of ether oxygens (including phenoxy) is 1. The first-order valence-electron chi connectivity index (χ1n) is 16.3. The van der Waals surface area contributed by atoms with Gasteiger partial charge in [-0.25, -0.2) is 4.79 Å². The van der Waals surface area contributed by atoms with Crippen LogP contribution in [0.25, 0.3) is 0 Å². The second-order valence-electron chi connectivity index (χ2n) is 12.7. The average molecular weight is 680 g/mol. The number of carboxylic acid groups (broad SMARTS) is 1. The number of aryl methyl sites for hydroxylation is 1. The molecule has 4 N–H and O–H groups in total. The Morgan fingerprint density at radius 3 is 2.74 bits per heavy atom. The highest BCUT2D eigenvalue weighted by Crippen LogP contribution is 2.47. The van der Waals surface area contributed by atoms with Gasteiger partial charge in [0.25, 0.3) is 5.91 Å². The number of aromatic hydroxyl groups is 1. The van der Waals surface area contributed by atoms with Crippen LogP contribution in [0.2, 0.25) is 0 Å². The number of carbonyl (C=O) groups excluding carboxylic acids is 2. The zero-order valence-corrected chi connectivity index (χ0v) is 29.0. The summed E-state index contributed by atoms with van der Waals surface area (Å²) in [5.74, 6) is -0.524. The molecular weight excluding hydrogens is 635 g/mol. The molecule has 1 aromatic carbocycles. The molecule has 0 spiro atoms. The van der Waals surface area contributed by atoms with Crippen molar-refractivity contribution in [2.24, 2.45) is 5.92 Å². The molecule has 5 rings (SSSR count). The van der Waals surface area contributed by atoms with Gasteiger partial charge >= 0.3 is 5.97 Å². The number of aliphatic carboxylic acids is 1. The number of nitrogens with one attached hydrogen (secondary N) is 2. The molecule has 1 fully saturated rings. The number of benzene rings is 1. The van der Waals surface area contributed by atoms with Gasteiger partial charge in [-0.15, -0.1) is 23.1 Å². The lowest BCUT2D eigenvalue weighted by Gasteiger charge is -2.49. The number of allylic oxidation sites excluding steroid dienone is 3. The first kappa shape index (κ1) is 34.8. The minimum Gasteiger partial charge on any atom is -0.507 e. The quantitative estimate of drug-likeness (QED) is 0.0769. The molecule has 1 aromatic heterocycles. The van der Waals surface area contributed by atoms with Crippen LogP contribution in [0.4, 0.5) is 0 Å². The van der Waals surface area contributed by atoms with E-state index in [0.717, 1.165) is 60.1 Å². The van der Waals surface area contributed by atoms with Crippen LogP contribution in [0.5, 0.6) is 11.5 Å². The molecule has 0 bridgehead atoms. The van der Waals surface area contributed by atoms with Crippen molar-refractivity contribution < 1.29 is 29.3 Å². The van der Waals surface area contributed by atoms with E-state index in [1.807, 2.05) is 36.6 Å². The second kappa shape index (κ2) is 15.6. The molecule has 9 nitrogen and oxygen atoms in total. The maximum absolute atomic E-state index is 13.1. The van der Waals surface area contributed by atoms with Crippen LogP contribution in [0.15, 0.2) is 64.7 Å². The van der Waals surface area contributed by atoms with E-state index >= 15 is 0 Å². The van der Waals surface area contributed by atoms with Gasteiger partial charge in [-0.2, -0.15) is 0 Å². The van der Waals surface area contributed by atoms with Crippen LogP contribution in [0.1, 0.15) is 74.8 Å². The van der Waals surface area contributed by atoms with Crippen molar-refractivity contribution >= 4 is 40.9 Å². The summed E-state index contributed by atoms with van der Waals surface area (Å²) in [7, 11) is 0. The van der Waals surface area contributed by atoms with Gasteiger partial charge in [0.05, 0.1) is 6.42 Å². The molecule has 3 heterocycles. The number of fused-ring (bicyclic) bond motifs is 1. The predicted molar refractivity (Wildman–Crippen MR) is 187 cm³/mol. The number of rotatable bonds is 15. The largest absolute Gasteiger partial charge is 0.507 e. The van der Waals surface area contributed by atoms with Gasteiger partial charge in [0.15, 0.2) is 0 Å². The lowest BCUT2D eigenvalue weighted by atomic mass is 9.73. The number of phenolic OH excluding ortho intramolecular Hbond substituents is 1. The number of unbranched alkanes of at least 4 members (excludes halogenated alkanes) is 2. The molecule has 1 aliphatic carbocycles. The van der Waals surface area contributed by atoms with E-state index in [1.54, 1.807) is 0 Å². The summed E-state index contributed by atoms with van der Waals surface area (Å²) in [6, 6.07) is 6.86. The van der Waals surface area contributed by atoms with Crippen molar-refractivity contribution in [2.45, 2.75) is 83.1 Å². The Morgan fingerprint density at radius 2 is 2.04 bits per heavy atom. The number of phenols is 1. The normalized spacial score (nSPS) is 22.3. The van der Waals surface area contributed by atoms with Crippen molar-refractivity contribution in [2.75, 3.05) is 19.0 Å². The van der Waals surface area contributed by atoms with Crippen LogP contribution < -0.4 is 15.4 Å². The first-order chi connectivity index (χ1) is 22.6. The fraction of sp³-hybridized carbons (Fsp3) is 0.472. The number of nitrogens with zero attached hydrogens (tertiary/aromatic N) is 1. The van der Waals surface area contributed by atoms with E-state index in [2.05, 4.69) is 37.1 Å². The molecule has 11 heteroatoms. The zero-order valence-electron chi connectivity index (χ0n) is 27.3. The molecule has 2 aromatic rings. The lowest BCUT2D eigenvalue weighted by molar-refractivity contribution is -0.150. The van der Waals surface area contributed by atoms with Crippen LogP contribution in [-0.4, -0.2) is 63.3 Å². The van der Waals surface area contributed by atoms with E-state index in [0.29, 0.717) is 17.1 Å². The Kier molecular flexibility index (Phi) is 11.5. The van der Waals surface area contributed by atoms with Crippen molar-refractivity contribution in [3.63, 3.8) is 0 Å². The van der Waals surface area contributed by atoms with E-state index < -0.39 is 23.3 Å². The van der Waals surface area contributed by atoms with Crippen LogP contribution in [-0.2, 0) is 27.2 Å². The number of amides is 2. The van der Waals surface area contributed by atoms with Crippen molar-refractivity contribution in [3.05, 3.63) is 80.7 Å². The number of carbonyl (C=O) groups is 3. The summed E-state index contributed by atoms with van der Waals surface area (Å²) in [6.07, 6.45) is 8.40. The fourth-order valence-corrected chi connectivity index (χ4v) is 8.75. The second-order valence-corrected chi connectivity index (χ2v) is 14.8. The molecule has 0 saturated carbocycles. The molecule has 2 amide bonds. The SMILES string of the molecule is C=C(C)[C@@H]1CCC(C)=C[C@H]1c1c(O)cc(CCCCC)cc1OCNCC1=C(C(=O)O)N2C(=O)[C@@H](NC(=O)Cc3cccs3)[C@H]2SC1. The molecule has 2 aliphatic heterocycles. The highest BCUT2D eigenvalue weighted by molar-refractivity contribution is 8.00. The third-order valence-corrected chi connectivity index (χ3v) is 11.3. The van der Waals surface area contributed by atoms with Crippen LogP contribution in [0.3, 0.4) is 0 Å². The summed E-state index contributed by atoms with van der Waals surface area (Å²) in [5, 5.41) is 28.9.